The molecule has 108 valence electrons. The van der Waals surface area contributed by atoms with Crippen LogP contribution in [0.25, 0.3) is 0 Å². The van der Waals surface area contributed by atoms with Crippen LogP contribution in [0.2, 0.25) is 0 Å². The summed E-state index contributed by atoms with van der Waals surface area (Å²) in [6, 6.07) is 5.62. The molecule has 1 aliphatic heterocycles. The van der Waals surface area contributed by atoms with Gasteiger partial charge in [0.15, 0.2) is 11.5 Å². The third-order valence-corrected chi connectivity index (χ3v) is 3.25. The molecule has 1 heterocycles. The van der Waals surface area contributed by atoms with E-state index in [1.807, 2.05) is 45.9 Å². The van der Waals surface area contributed by atoms with Crippen LogP contribution in [0.5, 0.6) is 11.5 Å². The van der Waals surface area contributed by atoms with E-state index < -0.39 is 5.41 Å². The quantitative estimate of drug-likeness (QED) is 0.898. The summed E-state index contributed by atoms with van der Waals surface area (Å²) in [5.41, 5.74) is 3.46. The first-order valence-corrected chi connectivity index (χ1v) is 6.79. The Kier molecular flexibility index (Phi) is 3.97. The topological polar surface area (TPSA) is 59.9 Å². The smallest absolute Gasteiger partial charge is 0.251 e. The molecule has 0 spiro atoms. The Morgan fingerprint density at radius 3 is 2.35 bits per heavy atom. The zero-order chi connectivity index (χ0) is 14.8. The second-order valence-corrected chi connectivity index (χ2v) is 5.05. The fraction of sp³-hybridized carbons (Fsp3) is 0.467. The predicted octanol–water partition coefficient (Wildman–Crippen LogP) is 2.34. The van der Waals surface area contributed by atoms with Crippen LogP contribution in [-0.4, -0.2) is 24.8 Å². The van der Waals surface area contributed by atoms with Crippen molar-refractivity contribution < 1.29 is 14.3 Å². The van der Waals surface area contributed by atoms with Crippen LogP contribution >= 0.6 is 0 Å². The number of carbonyl (C=O) groups is 1. The lowest BCUT2D eigenvalue weighted by molar-refractivity contribution is -0.125. The van der Waals surface area contributed by atoms with E-state index >= 15 is 0 Å². The van der Waals surface area contributed by atoms with Crippen molar-refractivity contribution in [3.05, 3.63) is 23.8 Å². The summed E-state index contributed by atoms with van der Waals surface area (Å²) >= 11 is 0. The minimum Gasteiger partial charge on any atom is -0.490 e. The van der Waals surface area contributed by atoms with Crippen LogP contribution in [-0.2, 0) is 4.79 Å². The average Bonchev–Trinajstić information content (AvgIpc) is 2.67. The highest BCUT2D eigenvalue weighted by atomic mass is 16.5. The van der Waals surface area contributed by atoms with Crippen molar-refractivity contribution in [2.45, 2.75) is 27.7 Å². The molecule has 1 aromatic carbocycles. The molecule has 5 heteroatoms. The number of nitrogens with zero attached hydrogens (tertiary/aromatic N) is 1. The SMILES string of the molecule is CCOc1ccc(C2=NNC(=O)C2(C)C)cc1OCC. The highest BCUT2D eigenvalue weighted by molar-refractivity contribution is 6.19. The number of amides is 1. The normalized spacial score (nSPS) is 16.6. The van der Waals surface area contributed by atoms with Gasteiger partial charge in [-0.05, 0) is 45.9 Å². The molecule has 0 saturated carbocycles. The van der Waals surface area contributed by atoms with Gasteiger partial charge in [-0.25, -0.2) is 5.43 Å². The molecule has 1 N–H and O–H groups in total. The van der Waals surface area contributed by atoms with Crippen LogP contribution in [0.1, 0.15) is 33.3 Å². The molecule has 0 radical (unpaired) electrons. The summed E-state index contributed by atoms with van der Waals surface area (Å²) in [6.07, 6.45) is 0. The van der Waals surface area contributed by atoms with Gasteiger partial charge in [0.25, 0.3) is 5.91 Å². The zero-order valence-corrected chi connectivity index (χ0v) is 12.3. The predicted molar refractivity (Wildman–Crippen MR) is 77.2 cm³/mol. The van der Waals surface area contributed by atoms with E-state index in [2.05, 4.69) is 10.5 Å². The minimum absolute atomic E-state index is 0.0978. The molecule has 5 nitrogen and oxygen atoms in total. The first-order valence-electron chi connectivity index (χ1n) is 6.79. The molecular formula is C15H20N2O3. The first-order chi connectivity index (χ1) is 9.50. The zero-order valence-electron chi connectivity index (χ0n) is 12.3. The second-order valence-electron chi connectivity index (χ2n) is 5.05. The van der Waals surface area contributed by atoms with Gasteiger partial charge >= 0.3 is 0 Å². The molecule has 0 atom stereocenters. The third-order valence-electron chi connectivity index (χ3n) is 3.25. The Balaban J connectivity index is 2.39. The van der Waals surface area contributed by atoms with Gasteiger partial charge in [-0.3, -0.25) is 4.79 Å². The standard InChI is InChI=1S/C15H20N2O3/c1-5-19-11-8-7-10(9-12(11)20-6-2)13-15(3,4)14(18)17-16-13/h7-9H,5-6H2,1-4H3,(H,17,18). The number of ether oxygens (including phenoxy) is 2. The van der Waals surface area contributed by atoms with E-state index in [1.54, 1.807) is 0 Å². The Hall–Kier alpha value is -2.04. The van der Waals surface area contributed by atoms with E-state index in [0.717, 1.165) is 5.56 Å². The van der Waals surface area contributed by atoms with Crippen LogP contribution in [0.3, 0.4) is 0 Å². The van der Waals surface area contributed by atoms with Gasteiger partial charge in [-0.2, -0.15) is 5.10 Å². The molecule has 0 aliphatic carbocycles. The van der Waals surface area contributed by atoms with Crippen molar-refractivity contribution in [2.75, 3.05) is 13.2 Å². The van der Waals surface area contributed by atoms with Gasteiger partial charge in [-0.1, -0.05) is 0 Å². The molecule has 0 bridgehead atoms. The van der Waals surface area contributed by atoms with Crippen LogP contribution in [0.15, 0.2) is 23.3 Å². The van der Waals surface area contributed by atoms with E-state index in [1.165, 1.54) is 0 Å². The summed E-state index contributed by atoms with van der Waals surface area (Å²) in [5.74, 6) is 1.28. The van der Waals surface area contributed by atoms with Crippen LogP contribution in [0, 0.1) is 5.41 Å². The van der Waals surface area contributed by atoms with Gasteiger partial charge in [0.2, 0.25) is 0 Å². The fourth-order valence-electron chi connectivity index (χ4n) is 2.12. The summed E-state index contributed by atoms with van der Waals surface area (Å²) in [6.45, 7) is 8.68. The van der Waals surface area contributed by atoms with E-state index in [0.29, 0.717) is 30.4 Å². The van der Waals surface area contributed by atoms with Crippen molar-refractivity contribution in [2.24, 2.45) is 10.5 Å². The number of carbonyl (C=O) groups excluding carboxylic acids is 1. The lowest BCUT2D eigenvalue weighted by atomic mass is 9.84. The molecular weight excluding hydrogens is 256 g/mol. The molecule has 1 aliphatic rings. The number of hydrogen-bond acceptors (Lipinski definition) is 4. The molecule has 20 heavy (non-hydrogen) atoms. The summed E-state index contributed by atoms with van der Waals surface area (Å²) in [7, 11) is 0. The van der Waals surface area contributed by atoms with Crippen LogP contribution in [0.4, 0.5) is 0 Å². The van der Waals surface area contributed by atoms with Crippen molar-refractivity contribution in [3.63, 3.8) is 0 Å². The van der Waals surface area contributed by atoms with E-state index in [-0.39, 0.29) is 5.91 Å². The van der Waals surface area contributed by atoms with E-state index in [9.17, 15) is 4.79 Å². The average molecular weight is 276 g/mol. The molecule has 0 saturated heterocycles. The number of benzene rings is 1. The molecule has 1 amide bonds. The second kappa shape index (κ2) is 5.53. The van der Waals surface area contributed by atoms with Gasteiger partial charge < -0.3 is 9.47 Å². The molecule has 2 rings (SSSR count). The van der Waals surface area contributed by atoms with Gasteiger partial charge in [-0.15, -0.1) is 0 Å². The van der Waals surface area contributed by atoms with Crippen molar-refractivity contribution in [1.29, 1.82) is 0 Å². The number of rotatable bonds is 5. The number of hydrogen-bond donors (Lipinski definition) is 1. The lowest BCUT2D eigenvalue weighted by Gasteiger charge is -2.18. The highest BCUT2D eigenvalue weighted by Gasteiger charge is 2.39. The first kappa shape index (κ1) is 14.4. The highest BCUT2D eigenvalue weighted by Crippen LogP contribution is 2.33. The number of nitrogens with one attached hydrogen (secondary N) is 1. The molecule has 0 aromatic heterocycles. The van der Waals surface area contributed by atoms with Gasteiger partial charge in [0.05, 0.1) is 24.3 Å². The maximum atomic E-state index is 11.8. The maximum absolute atomic E-state index is 11.8. The van der Waals surface area contributed by atoms with Crippen molar-refractivity contribution in [1.82, 2.24) is 5.43 Å². The maximum Gasteiger partial charge on any atom is 0.251 e. The number of hydrazone groups is 1. The van der Waals surface area contributed by atoms with Crippen molar-refractivity contribution >= 4 is 11.6 Å². The summed E-state index contributed by atoms with van der Waals surface area (Å²) in [5, 5.41) is 4.14. The minimum atomic E-state index is -0.642. The van der Waals surface area contributed by atoms with Gasteiger partial charge in [0.1, 0.15) is 0 Å². The Bertz CT molecular complexity index is 550. The summed E-state index contributed by atoms with van der Waals surface area (Å²) < 4.78 is 11.1. The molecule has 0 fully saturated rings. The van der Waals surface area contributed by atoms with E-state index in [4.69, 9.17) is 9.47 Å². The Morgan fingerprint density at radius 1 is 1.15 bits per heavy atom. The molecule has 0 unspecified atom stereocenters. The monoisotopic (exact) mass is 276 g/mol. The third kappa shape index (κ3) is 2.48. The van der Waals surface area contributed by atoms with Crippen LogP contribution < -0.4 is 14.9 Å². The lowest BCUT2D eigenvalue weighted by Crippen LogP contribution is -2.32. The fourth-order valence-corrected chi connectivity index (χ4v) is 2.12. The van der Waals surface area contributed by atoms with Crippen molar-refractivity contribution in [3.8, 4) is 11.5 Å². The largest absolute Gasteiger partial charge is 0.490 e. The van der Waals surface area contributed by atoms with Gasteiger partial charge in [0, 0.05) is 5.56 Å². The Morgan fingerprint density at radius 2 is 1.80 bits per heavy atom. The molecule has 1 aromatic rings. The Labute approximate surface area is 119 Å². The summed E-state index contributed by atoms with van der Waals surface area (Å²) in [4.78, 5) is 11.8.